The molecule has 2 aromatic heterocycles. The molecule has 0 amide bonds. The van der Waals surface area contributed by atoms with Crippen LogP contribution in [0.5, 0.6) is 0 Å². The van der Waals surface area contributed by atoms with Crippen molar-refractivity contribution in [1.29, 1.82) is 0 Å². The standard InChI is InChI=1S/C37H26N2S2/c1-37(2)32-17-27(23-7-11-25(12-8-23)34-19-40-21-38-34)15-16-30(32)36-29-6-4-3-5-28(29)31(18-33(36)37)24-9-13-26(14-10-24)35-20-41-22-39-35/h3-22H,1-2H3. The maximum atomic E-state index is 4.49. The minimum absolute atomic E-state index is 0.124. The molecule has 0 unspecified atom stereocenters. The number of thiazole rings is 2. The Morgan fingerprint density at radius 3 is 1.68 bits per heavy atom. The van der Waals surface area contributed by atoms with Crippen LogP contribution in [0.3, 0.4) is 0 Å². The van der Waals surface area contributed by atoms with Crippen LogP contribution in [0.15, 0.2) is 119 Å². The Morgan fingerprint density at radius 2 is 1.07 bits per heavy atom. The highest BCUT2D eigenvalue weighted by atomic mass is 32.1. The van der Waals surface area contributed by atoms with E-state index in [9.17, 15) is 0 Å². The molecular weight excluding hydrogens is 537 g/mol. The van der Waals surface area contributed by atoms with Crippen molar-refractivity contribution in [1.82, 2.24) is 9.97 Å². The van der Waals surface area contributed by atoms with Gasteiger partial charge in [-0.15, -0.1) is 22.7 Å². The van der Waals surface area contributed by atoms with E-state index in [1.165, 1.54) is 55.3 Å². The monoisotopic (exact) mass is 562 g/mol. The van der Waals surface area contributed by atoms with E-state index in [1.54, 1.807) is 22.7 Å². The average Bonchev–Trinajstić information content (AvgIpc) is 3.79. The second-order valence-corrected chi connectivity index (χ2v) is 12.6. The first-order valence-electron chi connectivity index (χ1n) is 13.8. The number of hydrogen-bond acceptors (Lipinski definition) is 4. The number of nitrogens with zero attached hydrogens (tertiary/aromatic N) is 2. The molecule has 0 saturated heterocycles. The Kier molecular flexibility index (Phi) is 5.56. The van der Waals surface area contributed by atoms with Gasteiger partial charge in [0.25, 0.3) is 0 Å². The molecule has 0 bridgehead atoms. The molecule has 0 spiro atoms. The van der Waals surface area contributed by atoms with E-state index >= 15 is 0 Å². The zero-order valence-corrected chi connectivity index (χ0v) is 24.4. The molecule has 0 N–H and O–H groups in total. The Morgan fingerprint density at radius 1 is 0.512 bits per heavy atom. The lowest BCUT2D eigenvalue weighted by Crippen LogP contribution is -2.15. The van der Waals surface area contributed by atoms with Crippen molar-refractivity contribution in [3.8, 4) is 55.9 Å². The van der Waals surface area contributed by atoms with Gasteiger partial charge in [0.1, 0.15) is 0 Å². The van der Waals surface area contributed by atoms with E-state index in [1.807, 2.05) is 11.0 Å². The Balaban J connectivity index is 1.24. The van der Waals surface area contributed by atoms with Crippen molar-refractivity contribution >= 4 is 33.4 Å². The number of aromatic nitrogens is 2. The molecule has 0 fully saturated rings. The average molecular weight is 563 g/mol. The topological polar surface area (TPSA) is 25.8 Å². The summed E-state index contributed by atoms with van der Waals surface area (Å²) in [6.07, 6.45) is 0. The number of benzene rings is 5. The van der Waals surface area contributed by atoms with Crippen LogP contribution in [0.2, 0.25) is 0 Å². The van der Waals surface area contributed by atoms with Gasteiger partial charge in [-0.1, -0.05) is 98.8 Å². The summed E-state index contributed by atoms with van der Waals surface area (Å²) < 4.78 is 0. The first-order chi connectivity index (χ1) is 20.1. The summed E-state index contributed by atoms with van der Waals surface area (Å²) in [6, 6.07) is 36.0. The van der Waals surface area contributed by atoms with Crippen LogP contribution in [0.25, 0.3) is 66.7 Å². The summed E-state index contributed by atoms with van der Waals surface area (Å²) in [6.45, 7) is 4.74. The second-order valence-electron chi connectivity index (χ2n) is 11.2. The third kappa shape index (κ3) is 3.90. The van der Waals surface area contributed by atoms with Gasteiger partial charge in [-0.3, -0.25) is 0 Å². The maximum Gasteiger partial charge on any atom is 0.0811 e. The van der Waals surface area contributed by atoms with Gasteiger partial charge in [-0.25, -0.2) is 9.97 Å². The summed E-state index contributed by atoms with van der Waals surface area (Å²) in [5.41, 5.74) is 18.5. The second kappa shape index (κ2) is 9.34. The molecule has 0 atom stereocenters. The highest BCUT2D eigenvalue weighted by molar-refractivity contribution is 7.08. The fourth-order valence-electron chi connectivity index (χ4n) is 6.37. The van der Waals surface area contributed by atoms with E-state index < -0.39 is 0 Å². The molecule has 5 aromatic carbocycles. The molecule has 0 aliphatic heterocycles. The molecular formula is C37H26N2S2. The van der Waals surface area contributed by atoms with Gasteiger partial charge < -0.3 is 0 Å². The smallest absolute Gasteiger partial charge is 0.0811 e. The lowest BCUT2D eigenvalue weighted by Gasteiger charge is -2.23. The predicted octanol–water partition coefficient (Wildman–Crippen LogP) is 10.7. The lowest BCUT2D eigenvalue weighted by molar-refractivity contribution is 0.661. The lowest BCUT2D eigenvalue weighted by atomic mass is 9.80. The Labute approximate surface area is 247 Å². The van der Waals surface area contributed by atoms with Gasteiger partial charge in [-0.2, -0.15) is 0 Å². The van der Waals surface area contributed by atoms with Crippen LogP contribution in [-0.4, -0.2) is 9.97 Å². The third-order valence-corrected chi connectivity index (χ3v) is 9.72. The Hall–Kier alpha value is -4.38. The van der Waals surface area contributed by atoms with Crippen LogP contribution in [0.4, 0.5) is 0 Å². The number of rotatable bonds is 4. The zero-order chi connectivity index (χ0) is 27.6. The number of fused-ring (bicyclic) bond motifs is 5. The summed E-state index contributed by atoms with van der Waals surface area (Å²) >= 11 is 3.26. The fourth-order valence-corrected chi connectivity index (χ4v) is 7.49. The van der Waals surface area contributed by atoms with Gasteiger partial charge in [0.2, 0.25) is 0 Å². The van der Waals surface area contributed by atoms with Crippen LogP contribution < -0.4 is 0 Å². The van der Waals surface area contributed by atoms with Gasteiger partial charge >= 0.3 is 0 Å². The quantitative estimate of drug-likeness (QED) is 0.213. The van der Waals surface area contributed by atoms with Crippen molar-refractivity contribution in [2.75, 3.05) is 0 Å². The van der Waals surface area contributed by atoms with Crippen LogP contribution in [0.1, 0.15) is 25.0 Å². The van der Waals surface area contributed by atoms with Crippen molar-refractivity contribution in [3.05, 3.63) is 130 Å². The molecule has 0 radical (unpaired) electrons. The van der Waals surface area contributed by atoms with Crippen molar-refractivity contribution in [2.45, 2.75) is 19.3 Å². The van der Waals surface area contributed by atoms with Crippen molar-refractivity contribution < 1.29 is 0 Å². The van der Waals surface area contributed by atoms with Gasteiger partial charge in [-0.05, 0) is 67.4 Å². The van der Waals surface area contributed by atoms with E-state index in [2.05, 4.69) is 132 Å². The fraction of sp³-hybridized carbons (Fsp3) is 0.0811. The molecule has 1 aliphatic carbocycles. The van der Waals surface area contributed by atoms with Gasteiger partial charge in [0.05, 0.1) is 22.4 Å². The largest absolute Gasteiger partial charge is 0.245 e. The van der Waals surface area contributed by atoms with Crippen molar-refractivity contribution in [2.24, 2.45) is 0 Å². The molecule has 8 rings (SSSR count). The SMILES string of the molecule is CC1(C)c2cc(-c3ccc(-c4cscn4)cc3)ccc2-c2c1cc(-c1ccc(-c3cscn3)cc1)c1ccccc21. The van der Waals surface area contributed by atoms with Crippen LogP contribution in [-0.2, 0) is 5.41 Å². The highest BCUT2D eigenvalue weighted by Crippen LogP contribution is 2.54. The van der Waals surface area contributed by atoms with Crippen LogP contribution >= 0.6 is 22.7 Å². The van der Waals surface area contributed by atoms with E-state index in [4.69, 9.17) is 0 Å². The van der Waals surface area contributed by atoms with Crippen LogP contribution in [0, 0.1) is 0 Å². The molecule has 1 aliphatic rings. The molecule has 41 heavy (non-hydrogen) atoms. The normalized spacial score (nSPS) is 13.3. The predicted molar refractivity (Wildman–Crippen MR) is 175 cm³/mol. The first-order valence-corrected chi connectivity index (χ1v) is 15.7. The van der Waals surface area contributed by atoms with E-state index in [0.717, 1.165) is 22.5 Å². The Bertz CT molecular complexity index is 2030. The summed E-state index contributed by atoms with van der Waals surface area (Å²) in [5.74, 6) is 0. The summed E-state index contributed by atoms with van der Waals surface area (Å²) in [5, 5.41) is 6.80. The highest BCUT2D eigenvalue weighted by Gasteiger charge is 2.37. The van der Waals surface area contributed by atoms with Gasteiger partial charge in [0, 0.05) is 27.3 Å². The van der Waals surface area contributed by atoms with Crippen molar-refractivity contribution in [3.63, 3.8) is 0 Å². The first kappa shape index (κ1) is 24.4. The third-order valence-electron chi connectivity index (χ3n) is 8.55. The molecule has 7 aromatic rings. The zero-order valence-electron chi connectivity index (χ0n) is 22.8. The molecule has 0 saturated carbocycles. The molecule has 4 heteroatoms. The maximum absolute atomic E-state index is 4.49. The summed E-state index contributed by atoms with van der Waals surface area (Å²) in [4.78, 5) is 8.95. The molecule has 196 valence electrons. The van der Waals surface area contributed by atoms with E-state index in [-0.39, 0.29) is 5.41 Å². The molecule has 2 heterocycles. The molecule has 2 nitrogen and oxygen atoms in total. The minimum Gasteiger partial charge on any atom is -0.245 e. The minimum atomic E-state index is -0.124. The summed E-state index contributed by atoms with van der Waals surface area (Å²) in [7, 11) is 0. The van der Waals surface area contributed by atoms with Gasteiger partial charge in [0.15, 0.2) is 0 Å². The van der Waals surface area contributed by atoms with E-state index in [0.29, 0.717) is 0 Å². The number of hydrogen-bond donors (Lipinski definition) is 0.